The highest BCUT2D eigenvalue weighted by atomic mass is 19.3. The fraction of sp³-hybridized carbons (Fsp3) is 0.875. The van der Waals surface area contributed by atoms with E-state index >= 15 is 0 Å². The first kappa shape index (κ1) is 11.2. The summed E-state index contributed by atoms with van der Waals surface area (Å²) in [6.45, 7) is -0.353. The van der Waals surface area contributed by atoms with Gasteiger partial charge in [0.2, 0.25) is 5.92 Å². The van der Waals surface area contributed by atoms with Crippen molar-refractivity contribution >= 4 is 6.09 Å². The molecule has 1 aliphatic rings. The predicted octanol–water partition coefficient (Wildman–Crippen LogP) is 1.05. The summed E-state index contributed by atoms with van der Waals surface area (Å²) in [5.41, 5.74) is 0. The Morgan fingerprint density at radius 2 is 2.14 bits per heavy atom. The van der Waals surface area contributed by atoms with Gasteiger partial charge in [0.15, 0.2) is 0 Å². The zero-order chi connectivity index (χ0) is 10.8. The van der Waals surface area contributed by atoms with Crippen LogP contribution in [0.25, 0.3) is 0 Å². The molecule has 0 aromatic heterocycles. The third kappa shape index (κ3) is 3.10. The van der Waals surface area contributed by atoms with E-state index in [9.17, 15) is 13.6 Å². The molecular weight excluding hydrogens is 196 g/mol. The Labute approximate surface area is 79.9 Å². The normalized spacial score (nSPS) is 22.5. The molecule has 82 valence electrons. The van der Waals surface area contributed by atoms with Gasteiger partial charge in [-0.05, 0) is 12.3 Å². The average Bonchev–Trinajstić information content (AvgIpc) is 1.98. The Morgan fingerprint density at radius 1 is 1.57 bits per heavy atom. The minimum atomic E-state index is -2.59. The zero-order valence-corrected chi connectivity index (χ0v) is 7.54. The lowest BCUT2D eigenvalue weighted by molar-refractivity contribution is -0.114. The van der Waals surface area contributed by atoms with Gasteiger partial charge in [0, 0.05) is 12.8 Å². The molecule has 1 aliphatic carbocycles. The number of amides is 1. The maximum Gasteiger partial charge on any atom is 0.404 e. The van der Waals surface area contributed by atoms with Gasteiger partial charge in [-0.3, -0.25) is 0 Å². The van der Waals surface area contributed by atoms with Crippen molar-refractivity contribution in [1.29, 1.82) is 0 Å². The predicted molar refractivity (Wildman–Crippen MR) is 44.3 cm³/mol. The molecule has 0 spiro atoms. The smallest absolute Gasteiger partial charge is 0.404 e. The molecule has 0 bridgehead atoms. The number of aliphatic hydroxyl groups is 1. The van der Waals surface area contributed by atoms with E-state index in [0.29, 0.717) is 0 Å². The van der Waals surface area contributed by atoms with Crippen LogP contribution < -0.4 is 5.32 Å². The molecule has 0 aromatic carbocycles. The summed E-state index contributed by atoms with van der Waals surface area (Å²) < 4.78 is 24.8. The van der Waals surface area contributed by atoms with Crippen molar-refractivity contribution in [2.24, 2.45) is 5.92 Å². The zero-order valence-electron chi connectivity index (χ0n) is 7.54. The second-order valence-corrected chi connectivity index (χ2v) is 3.69. The number of nitrogens with one attached hydrogen (secondary N) is 1. The minimum Gasteiger partial charge on any atom is -0.465 e. The molecule has 0 radical (unpaired) electrons. The topological polar surface area (TPSA) is 69.6 Å². The summed E-state index contributed by atoms with van der Waals surface area (Å²) in [6.07, 6.45) is -1.37. The summed E-state index contributed by atoms with van der Waals surface area (Å²) in [7, 11) is 0. The maximum absolute atomic E-state index is 12.4. The number of carboxylic acid groups (broad SMARTS) is 1. The molecule has 1 rings (SSSR count). The van der Waals surface area contributed by atoms with Gasteiger partial charge in [0.25, 0.3) is 0 Å². The second-order valence-electron chi connectivity index (χ2n) is 3.69. The largest absolute Gasteiger partial charge is 0.465 e. The van der Waals surface area contributed by atoms with Gasteiger partial charge >= 0.3 is 6.09 Å². The summed E-state index contributed by atoms with van der Waals surface area (Å²) in [5, 5.41) is 19.2. The van der Waals surface area contributed by atoms with Crippen LogP contribution in [0.5, 0.6) is 0 Å². The van der Waals surface area contributed by atoms with Crippen LogP contribution in [0.15, 0.2) is 0 Å². The summed E-state index contributed by atoms with van der Waals surface area (Å²) in [6, 6.07) is -0.631. The number of hydrogen-bond donors (Lipinski definition) is 3. The molecule has 0 aliphatic heterocycles. The second kappa shape index (κ2) is 4.08. The van der Waals surface area contributed by atoms with Gasteiger partial charge < -0.3 is 15.5 Å². The highest BCUT2D eigenvalue weighted by Crippen LogP contribution is 2.44. The first-order chi connectivity index (χ1) is 6.43. The molecule has 0 saturated heterocycles. The van der Waals surface area contributed by atoms with Crippen LogP contribution in [0, 0.1) is 5.92 Å². The number of carbonyl (C=O) groups is 1. The van der Waals surface area contributed by atoms with E-state index in [-0.39, 0.29) is 31.8 Å². The Morgan fingerprint density at radius 3 is 2.50 bits per heavy atom. The molecule has 1 atom stereocenters. The Bertz CT molecular complexity index is 215. The number of rotatable bonds is 4. The summed E-state index contributed by atoms with van der Waals surface area (Å²) >= 11 is 0. The Hall–Kier alpha value is -0.910. The van der Waals surface area contributed by atoms with Crippen molar-refractivity contribution in [2.45, 2.75) is 31.2 Å². The highest BCUT2D eigenvalue weighted by Gasteiger charge is 2.45. The van der Waals surface area contributed by atoms with E-state index in [0.717, 1.165) is 0 Å². The lowest BCUT2D eigenvalue weighted by Gasteiger charge is -2.36. The molecule has 4 nitrogen and oxygen atoms in total. The lowest BCUT2D eigenvalue weighted by atomic mass is 9.77. The Balaban J connectivity index is 2.25. The van der Waals surface area contributed by atoms with Crippen molar-refractivity contribution in [3.05, 3.63) is 0 Å². The molecule has 6 heteroatoms. The molecular formula is C8H13F2NO3. The van der Waals surface area contributed by atoms with Crippen LogP contribution >= 0.6 is 0 Å². The van der Waals surface area contributed by atoms with E-state index in [2.05, 4.69) is 5.32 Å². The van der Waals surface area contributed by atoms with Gasteiger partial charge in [-0.15, -0.1) is 0 Å². The van der Waals surface area contributed by atoms with Crippen molar-refractivity contribution < 1.29 is 23.8 Å². The van der Waals surface area contributed by atoms with E-state index in [1.165, 1.54) is 0 Å². The van der Waals surface area contributed by atoms with Crippen LogP contribution in [0.1, 0.15) is 19.3 Å². The van der Waals surface area contributed by atoms with Crippen LogP contribution in [0.4, 0.5) is 13.6 Å². The SMILES string of the molecule is O=C(O)NC(CO)CC1CC(F)(F)C1. The molecule has 3 N–H and O–H groups in total. The molecule has 14 heavy (non-hydrogen) atoms. The third-order valence-corrected chi connectivity index (χ3v) is 2.34. The molecule has 0 heterocycles. The van der Waals surface area contributed by atoms with Gasteiger partial charge in [0.05, 0.1) is 12.6 Å². The van der Waals surface area contributed by atoms with E-state index < -0.39 is 18.1 Å². The number of aliphatic hydroxyl groups excluding tert-OH is 1. The van der Waals surface area contributed by atoms with Crippen LogP contribution in [-0.4, -0.2) is 34.9 Å². The lowest BCUT2D eigenvalue weighted by Crippen LogP contribution is -2.43. The van der Waals surface area contributed by atoms with Gasteiger partial charge in [-0.2, -0.15) is 0 Å². The highest BCUT2D eigenvalue weighted by molar-refractivity contribution is 5.64. The standard InChI is InChI=1S/C8H13F2NO3/c9-8(10)2-5(3-8)1-6(4-12)11-7(13)14/h5-6,11-12H,1-4H2,(H,13,14). The van der Waals surface area contributed by atoms with E-state index in [1.807, 2.05) is 0 Å². The number of hydrogen-bond acceptors (Lipinski definition) is 2. The summed E-state index contributed by atoms with van der Waals surface area (Å²) in [4.78, 5) is 10.2. The summed E-state index contributed by atoms with van der Waals surface area (Å²) in [5.74, 6) is -2.78. The average molecular weight is 209 g/mol. The Kier molecular flexibility index (Phi) is 3.25. The quantitative estimate of drug-likeness (QED) is 0.648. The van der Waals surface area contributed by atoms with Gasteiger partial charge in [0.1, 0.15) is 0 Å². The molecule has 1 saturated carbocycles. The molecule has 1 fully saturated rings. The third-order valence-electron chi connectivity index (χ3n) is 2.34. The van der Waals surface area contributed by atoms with Crippen LogP contribution in [-0.2, 0) is 0 Å². The first-order valence-electron chi connectivity index (χ1n) is 4.41. The van der Waals surface area contributed by atoms with Crippen molar-refractivity contribution in [3.63, 3.8) is 0 Å². The van der Waals surface area contributed by atoms with Crippen LogP contribution in [0.2, 0.25) is 0 Å². The fourth-order valence-corrected chi connectivity index (χ4v) is 1.71. The fourth-order valence-electron chi connectivity index (χ4n) is 1.71. The monoisotopic (exact) mass is 209 g/mol. The first-order valence-corrected chi connectivity index (χ1v) is 4.41. The van der Waals surface area contributed by atoms with Crippen molar-refractivity contribution in [3.8, 4) is 0 Å². The molecule has 1 unspecified atom stereocenters. The number of alkyl halides is 2. The van der Waals surface area contributed by atoms with Gasteiger partial charge in [-0.1, -0.05) is 0 Å². The maximum atomic E-state index is 12.4. The van der Waals surface area contributed by atoms with Gasteiger partial charge in [-0.25, -0.2) is 13.6 Å². The van der Waals surface area contributed by atoms with E-state index in [1.54, 1.807) is 0 Å². The molecule has 1 amide bonds. The van der Waals surface area contributed by atoms with Crippen LogP contribution in [0.3, 0.4) is 0 Å². The number of halogens is 2. The van der Waals surface area contributed by atoms with Crippen molar-refractivity contribution in [1.82, 2.24) is 5.32 Å². The molecule has 0 aromatic rings. The van der Waals surface area contributed by atoms with E-state index in [4.69, 9.17) is 10.2 Å². The van der Waals surface area contributed by atoms with Crippen molar-refractivity contribution in [2.75, 3.05) is 6.61 Å². The minimum absolute atomic E-state index is 0.186.